The van der Waals surface area contributed by atoms with Crippen LogP contribution in [0, 0.1) is 0 Å². The number of para-hydroxylation sites is 1. The Hall–Kier alpha value is -8.50. The first-order valence-electron chi connectivity index (χ1n) is 23.4. The van der Waals surface area contributed by atoms with Gasteiger partial charge in [0.05, 0.1) is 16.4 Å². The first-order chi connectivity index (χ1) is 33.7. The average molecular weight is 883 g/mol. The van der Waals surface area contributed by atoms with Crippen molar-refractivity contribution in [2.75, 3.05) is 4.90 Å². The molecule has 0 unspecified atom stereocenters. The minimum Gasteiger partial charge on any atom is -0.310 e. The summed E-state index contributed by atoms with van der Waals surface area (Å²) in [5.74, 6) is 0. The second kappa shape index (κ2) is 15.3. The van der Waals surface area contributed by atoms with Crippen LogP contribution in [-0.2, 0) is 5.41 Å². The van der Waals surface area contributed by atoms with E-state index in [1.54, 1.807) is 0 Å². The van der Waals surface area contributed by atoms with E-state index in [1.165, 1.54) is 103 Å². The summed E-state index contributed by atoms with van der Waals surface area (Å²) >= 11 is 1.87. The summed E-state index contributed by atoms with van der Waals surface area (Å²) in [5.41, 5.74) is 16.5. The standard InChI is InChI=1S/C65H42N2S/c1-4-16-43(17-5-1)44-28-30-49(31-29-44)66(50-32-35-54-53-24-12-14-26-59(53)65(60(54)40-50,47-20-6-2-7-21-47)48-22-8-3-9-23-48)51-33-36-56-57-37-34-52(42-64(57)68-63(56)41-51)67-61-27-15-13-25-55(61)58-38-45-18-10-11-19-46(45)39-62(58)67/h1-42H. The van der Waals surface area contributed by atoms with Crippen molar-refractivity contribution in [2.24, 2.45) is 0 Å². The van der Waals surface area contributed by atoms with E-state index >= 15 is 0 Å². The van der Waals surface area contributed by atoms with Crippen molar-refractivity contribution in [3.8, 4) is 27.9 Å². The first kappa shape index (κ1) is 38.7. The highest BCUT2D eigenvalue weighted by Gasteiger charge is 2.46. The van der Waals surface area contributed by atoms with Gasteiger partial charge in [0.25, 0.3) is 0 Å². The molecule has 0 amide bonds. The van der Waals surface area contributed by atoms with E-state index < -0.39 is 5.41 Å². The van der Waals surface area contributed by atoms with E-state index in [1.807, 2.05) is 11.3 Å². The van der Waals surface area contributed by atoms with Crippen LogP contribution in [-0.4, -0.2) is 4.57 Å². The number of nitrogens with zero attached hydrogens (tertiary/aromatic N) is 2. The van der Waals surface area contributed by atoms with Gasteiger partial charge in [-0.25, -0.2) is 0 Å². The molecule has 13 aromatic rings. The lowest BCUT2D eigenvalue weighted by Gasteiger charge is -2.35. The fourth-order valence-electron chi connectivity index (χ4n) is 11.4. The van der Waals surface area contributed by atoms with Crippen LogP contribution in [0.25, 0.3) is 80.7 Å². The Morgan fingerprint density at radius 1 is 0.338 bits per heavy atom. The Labute approximate surface area is 398 Å². The van der Waals surface area contributed by atoms with Gasteiger partial charge in [0, 0.05) is 53.7 Å². The first-order valence-corrected chi connectivity index (χ1v) is 24.2. The predicted molar refractivity (Wildman–Crippen MR) is 289 cm³/mol. The summed E-state index contributed by atoms with van der Waals surface area (Å²) in [6.07, 6.45) is 0. The summed E-state index contributed by atoms with van der Waals surface area (Å²) in [4.78, 5) is 2.45. The quantitative estimate of drug-likeness (QED) is 0.155. The third-order valence-corrected chi connectivity index (χ3v) is 15.5. The summed E-state index contributed by atoms with van der Waals surface area (Å²) in [6.45, 7) is 0. The molecule has 2 nitrogen and oxygen atoms in total. The van der Waals surface area contributed by atoms with Crippen molar-refractivity contribution in [1.82, 2.24) is 4.57 Å². The minimum absolute atomic E-state index is 0.510. The third-order valence-electron chi connectivity index (χ3n) is 14.4. The highest BCUT2D eigenvalue weighted by atomic mass is 32.1. The Bertz CT molecular complexity index is 4030. The van der Waals surface area contributed by atoms with Gasteiger partial charge in [0.1, 0.15) is 0 Å². The van der Waals surface area contributed by atoms with E-state index in [9.17, 15) is 0 Å². The van der Waals surface area contributed by atoms with Gasteiger partial charge in [-0.15, -0.1) is 11.3 Å². The fourth-order valence-corrected chi connectivity index (χ4v) is 12.6. The largest absolute Gasteiger partial charge is 0.310 e. The van der Waals surface area contributed by atoms with Crippen LogP contribution in [0.2, 0.25) is 0 Å². The molecule has 14 rings (SSSR count). The van der Waals surface area contributed by atoms with Crippen molar-refractivity contribution < 1.29 is 0 Å². The van der Waals surface area contributed by atoms with E-state index in [2.05, 4.69) is 264 Å². The van der Waals surface area contributed by atoms with Crippen molar-refractivity contribution >= 4 is 81.1 Å². The van der Waals surface area contributed by atoms with Crippen LogP contribution in [0.4, 0.5) is 17.1 Å². The predicted octanol–water partition coefficient (Wildman–Crippen LogP) is 17.8. The highest BCUT2D eigenvalue weighted by Crippen LogP contribution is 2.57. The molecule has 2 aromatic heterocycles. The summed E-state index contributed by atoms with van der Waals surface area (Å²) in [6, 6.07) is 94.4. The number of rotatable bonds is 7. The molecule has 318 valence electrons. The second-order valence-electron chi connectivity index (χ2n) is 18.0. The number of thiophene rings is 1. The van der Waals surface area contributed by atoms with E-state index in [0.717, 1.165) is 17.1 Å². The van der Waals surface area contributed by atoms with Gasteiger partial charge >= 0.3 is 0 Å². The fraction of sp³-hybridized carbons (Fsp3) is 0.0154. The van der Waals surface area contributed by atoms with Gasteiger partial charge in [-0.05, 0) is 122 Å². The molecule has 11 aromatic carbocycles. The van der Waals surface area contributed by atoms with Crippen molar-refractivity contribution in [3.05, 3.63) is 277 Å². The lowest BCUT2D eigenvalue weighted by molar-refractivity contribution is 0.768. The van der Waals surface area contributed by atoms with Gasteiger partial charge in [-0.1, -0.05) is 188 Å². The molecule has 0 radical (unpaired) electrons. The van der Waals surface area contributed by atoms with Crippen LogP contribution in [0.3, 0.4) is 0 Å². The molecule has 0 saturated carbocycles. The zero-order valence-corrected chi connectivity index (χ0v) is 37.9. The number of benzene rings is 11. The SMILES string of the molecule is c1ccc(-c2ccc(N(c3ccc4c(c3)C(c3ccccc3)(c3ccccc3)c3ccccc3-4)c3ccc4c(c3)sc3cc(-n5c6ccccc6c6cc7ccccc7cc65)ccc34)cc2)cc1. The Morgan fingerprint density at radius 2 is 0.897 bits per heavy atom. The van der Waals surface area contributed by atoms with Gasteiger partial charge in [0.2, 0.25) is 0 Å². The number of fused-ring (bicyclic) bond motifs is 10. The van der Waals surface area contributed by atoms with Gasteiger partial charge in [-0.3, -0.25) is 0 Å². The number of aromatic nitrogens is 1. The number of anilines is 3. The minimum atomic E-state index is -0.510. The number of hydrogen-bond acceptors (Lipinski definition) is 2. The molecule has 1 aliphatic carbocycles. The zero-order chi connectivity index (χ0) is 44.8. The summed E-state index contributed by atoms with van der Waals surface area (Å²) in [5, 5.41) is 7.60. The Morgan fingerprint density at radius 3 is 1.66 bits per heavy atom. The molecular formula is C65H42N2S. The molecule has 2 heterocycles. The molecule has 68 heavy (non-hydrogen) atoms. The maximum absolute atomic E-state index is 2.47. The molecule has 0 saturated heterocycles. The van der Waals surface area contributed by atoms with E-state index in [0.29, 0.717) is 0 Å². The maximum Gasteiger partial charge on any atom is 0.0714 e. The van der Waals surface area contributed by atoms with Crippen LogP contribution in [0.15, 0.2) is 255 Å². The van der Waals surface area contributed by atoms with Crippen LogP contribution in [0.1, 0.15) is 22.3 Å². The smallest absolute Gasteiger partial charge is 0.0714 e. The second-order valence-corrected chi connectivity index (χ2v) is 19.1. The molecule has 1 aliphatic rings. The Balaban J connectivity index is 0.954. The van der Waals surface area contributed by atoms with Crippen LogP contribution >= 0.6 is 11.3 Å². The van der Waals surface area contributed by atoms with Crippen molar-refractivity contribution in [3.63, 3.8) is 0 Å². The molecule has 0 atom stereocenters. The van der Waals surface area contributed by atoms with Gasteiger partial charge in [0.15, 0.2) is 0 Å². The van der Waals surface area contributed by atoms with Gasteiger partial charge in [-0.2, -0.15) is 0 Å². The molecule has 0 spiro atoms. The zero-order valence-electron chi connectivity index (χ0n) is 37.1. The molecule has 0 bridgehead atoms. The summed E-state index contributed by atoms with van der Waals surface area (Å²) in [7, 11) is 0. The lowest BCUT2D eigenvalue weighted by Crippen LogP contribution is -2.28. The highest BCUT2D eigenvalue weighted by molar-refractivity contribution is 7.25. The Kier molecular flexibility index (Phi) is 8.71. The van der Waals surface area contributed by atoms with Crippen molar-refractivity contribution in [1.29, 1.82) is 0 Å². The van der Waals surface area contributed by atoms with E-state index in [-0.39, 0.29) is 0 Å². The molecule has 0 fully saturated rings. The lowest BCUT2D eigenvalue weighted by atomic mass is 9.67. The normalized spacial score (nSPS) is 12.8. The topological polar surface area (TPSA) is 8.17 Å². The molecule has 3 heteroatoms. The monoisotopic (exact) mass is 882 g/mol. The third kappa shape index (κ3) is 5.83. The molecule has 0 aliphatic heterocycles. The van der Waals surface area contributed by atoms with Crippen molar-refractivity contribution in [2.45, 2.75) is 5.41 Å². The molecular weight excluding hydrogens is 841 g/mol. The number of hydrogen-bond donors (Lipinski definition) is 0. The molecule has 0 N–H and O–H groups in total. The van der Waals surface area contributed by atoms with Crippen LogP contribution in [0.5, 0.6) is 0 Å². The van der Waals surface area contributed by atoms with Crippen LogP contribution < -0.4 is 4.90 Å². The maximum atomic E-state index is 2.47. The summed E-state index contributed by atoms with van der Waals surface area (Å²) < 4.78 is 4.97. The van der Waals surface area contributed by atoms with Gasteiger partial charge < -0.3 is 9.47 Å². The van der Waals surface area contributed by atoms with E-state index in [4.69, 9.17) is 0 Å². The average Bonchev–Trinajstić information content (AvgIpc) is 4.04.